The molecule has 0 fully saturated rings. The predicted octanol–water partition coefficient (Wildman–Crippen LogP) is 7.09. The van der Waals surface area contributed by atoms with Crippen molar-refractivity contribution in [3.63, 3.8) is 0 Å². The van der Waals surface area contributed by atoms with E-state index >= 15 is 0 Å². The quantitative estimate of drug-likeness (QED) is 0.447. The zero-order chi connectivity index (χ0) is 14.8. The van der Waals surface area contributed by atoms with Gasteiger partial charge in [0.2, 0.25) is 0 Å². The molecule has 0 spiro atoms. The van der Waals surface area contributed by atoms with Gasteiger partial charge in [0.05, 0.1) is 0 Å². The number of hydrogen-bond acceptors (Lipinski definition) is 0. The molecule has 3 aromatic carbocycles. The molecule has 0 aliphatic rings. The Bertz CT molecular complexity index is 782. The molecular weight excluding hydrogens is 367 g/mol. The predicted molar refractivity (Wildman–Crippen MR) is 95.0 cm³/mol. The van der Waals surface area contributed by atoms with Crippen molar-refractivity contribution in [1.82, 2.24) is 0 Å². The summed E-state index contributed by atoms with van der Waals surface area (Å²) in [7, 11) is 0. The Kier molecular flexibility index (Phi) is 4.34. The SMILES string of the molecule is Clc1ccc(-c2ccc(-c3ccccc3)cc2Br)c(Cl)c1. The highest BCUT2D eigenvalue weighted by molar-refractivity contribution is 9.10. The van der Waals surface area contributed by atoms with Crippen LogP contribution >= 0.6 is 39.1 Å². The summed E-state index contributed by atoms with van der Waals surface area (Å²) in [5.41, 5.74) is 4.37. The van der Waals surface area contributed by atoms with E-state index < -0.39 is 0 Å². The van der Waals surface area contributed by atoms with E-state index in [2.05, 4.69) is 46.3 Å². The van der Waals surface area contributed by atoms with Crippen LogP contribution in [0.25, 0.3) is 22.3 Å². The van der Waals surface area contributed by atoms with Gasteiger partial charge in [-0.1, -0.05) is 87.7 Å². The second-order valence-electron chi connectivity index (χ2n) is 4.68. The van der Waals surface area contributed by atoms with Gasteiger partial charge < -0.3 is 0 Å². The highest BCUT2D eigenvalue weighted by Gasteiger charge is 2.09. The lowest BCUT2D eigenvalue weighted by molar-refractivity contribution is 1.56. The molecule has 21 heavy (non-hydrogen) atoms. The van der Waals surface area contributed by atoms with Crippen LogP contribution in [0, 0.1) is 0 Å². The van der Waals surface area contributed by atoms with Gasteiger partial charge in [-0.2, -0.15) is 0 Å². The first-order chi connectivity index (χ1) is 10.1. The zero-order valence-corrected chi connectivity index (χ0v) is 14.1. The third-order valence-electron chi connectivity index (χ3n) is 3.30. The summed E-state index contributed by atoms with van der Waals surface area (Å²) in [6.07, 6.45) is 0. The Balaban J connectivity index is 2.06. The maximum atomic E-state index is 6.29. The monoisotopic (exact) mass is 376 g/mol. The van der Waals surface area contributed by atoms with Crippen LogP contribution in [0.4, 0.5) is 0 Å². The van der Waals surface area contributed by atoms with Crippen LogP contribution in [0.1, 0.15) is 0 Å². The van der Waals surface area contributed by atoms with Crippen molar-refractivity contribution in [3.8, 4) is 22.3 Å². The van der Waals surface area contributed by atoms with Gasteiger partial charge in [0, 0.05) is 20.1 Å². The van der Waals surface area contributed by atoms with Crippen LogP contribution in [-0.4, -0.2) is 0 Å². The van der Waals surface area contributed by atoms with E-state index in [4.69, 9.17) is 23.2 Å². The summed E-state index contributed by atoms with van der Waals surface area (Å²) in [6.45, 7) is 0. The second-order valence-corrected chi connectivity index (χ2v) is 6.38. The summed E-state index contributed by atoms with van der Waals surface area (Å²) in [5, 5.41) is 1.29. The van der Waals surface area contributed by atoms with Gasteiger partial charge in [0.1, 0.15) is 0 Å². The molecule has 0 saturated carbocycles. The average Bonchev–Trinajstić information content (AvgIpc) is 2.49. The molecule has 0 aliphatic carbocycles. The van der Waals surface area contributed by atoms with Crippen LogP contribution < -0.4 is 0 Å². The lowest BCUT2D eigenvalue weighted by atomic mass is 10.0. The van der Waals surface area contributed by atoms with Crippen LogP contribution in [0.2, 0.25) is 10.0 Å². The maximum Gasteiger partial charge on any atom is 0.0499 e. The number of hydrogen-bond donors (Lipinski definition) is 0. The standard InChI is InChI=1S/C18H11BrCl2/c19-17-10-13(12-4-2-1-3-5-12)6-8-15(17)16-9-7-14(20)11-18(16)21/h1-11H. The van der Waals surface area contributed by atoms with Gasteiger partial charge >= 0.3 is 0 Å². The smallest absolute Gasteiger partial charge is 0.0499 e. The van der Waals surface area contributed by atoms with Crippen molar-refractivity contribution >= 4 is 39.1 Å². The van der Waals surface area contributed by atoms with E-state index in [1.807, 2.05) is 30.3 Å². The topological polar surface area (TPSA) is 0 Å². The lowest BCUT2D eigenvalue weighted by Gasteiger charge is -2.10. The highest BCUT2D eigenvalue weighted by Crippen LogP contribution is 2.37. The minimum absolute atomic E-state index is 0.640. The summed E-state index contributed by atoms with van der Waals surface area (Å²) >= 11 is 15.9. The molecule has 0 aromatic heterocycles. The van der Waals surface area contributed by atoms with Crippen molar-refractivity contribution in [1.29, 1.82) is 0 Å². The fraction of sp³-hybridized carbons (Fsp3) is 0. The highest BCUT2D eigenvalue weighted by atomic mass is 79.9. The first-order valence-corrected chi connectivity index (χ1v) is 8.00. The molecule has 3 heteroatoms. The second kappa shape index (κ2) is 6.23. The van der Waals surface area contributed by atoms with E-state index in [-0.39, 0.29) is 0 Å². The van der Waals surface area contributed by atoms with Crippen LogP contribution in [0.3, 0.4) is 0 Å². The molecule has 0 amide bonds. The molecule has 0 radical (unpaired) electrons. The van der Waals surface area contributed by atoms with E-state index in [0.717, 1.165) is 21.2 Å². The first kappa shape index (κ1) is 14.6. The van der Waals surface area contributed by atoms with Crippen molar-refractivity contribution in [2.24, 2.45) is 0 Å². The first-order valence-electron chi connectivity index (χ1n) is 6.45. The molecule has 104 valence electrons. The largest absolute Gasteiger partial charge is 0.0843 e. The van der Waals surface area contributed by atoms with Gasteiger partial charge in [-0.25, -0.2) is 0 Å². The van der Waals surface area contributed by atoms with Gasteiger partial charge in [0.25, 0.3) is 0 Å². The normalized spacial score (nSPS) is 10.6. The molecule has 0 nitrogen and oxygen atoms in total. The summed E-state index contributed by atoms with van der Waals surface area (Å²) in [4.78, 5) is 0. The van der Waals surface area contributed by atoms with Gasteiger partial charge in [-0.15, -0.1) is 0 Å². The summed E-state index contributed by atoms with van der Waals surface area (Å²) in [5.74, 6) is 0. The summed E-state index contributed by atoms with van der Waals surface area (Å²) < 4.78 is 1.01. The van der Waals surface area contributed by atoms with E-state index in [1.54, 1.807) is 6.07 Å². The molecule has 0 bridgehead atoms. The molecule has 3 aromatic rings. The minimum atomic E-state index is 0.640. The fourth-order valence-corrected chi connectivity index (χ4v) is 3.35. The fourth-order valence-electron chi connectivity index (χ4n) is 2.25. The molecule has 0 saturated heterocycles. The van der Waals surface area contributed by atoms with Gasteiger partial charge in [-0.05, 0) is 34.9 Å². The van der Waals surface area contributed by atoms with Crippen molar-refractivity contribution in [2.45, 2.75) is 0 Å². The molecule has 3 rings (SSSR count). The van der Waals surface area contributed by atoms with Gasteiger partial charge in [-0.3, -0.25) is 0 Å². The van der Waals surface area contributed by atoms with Crippen LogP contribution in [0.5, 0.6) is 0 Å². The number of halogens is 3. The lowest BCUT2D eigenvalue weighted by Crippen LogP contribution is -1.84. The Morgan fingerprint density at radius 2 is 1.38 bits per heavy atom. The Hall–Kier alpha value is -1.28. The Morgan fingerprint density at radius 3 is 2.05 bits per heavy atom. The summed E-state index contributed by atoms with van der Waals surface area (Å²) in [6, 6.07) is 22.1. The third-order valence-corrected chi connectivity index (χ3v) is 4.50. The molecule has 0 unspecified atom stereocenters. The Morgan fingerprint density at radius 1 is 0.667 bits per heavy atom. The average molecular weight is 378 g/mol. The van der Waals surface area contributed by atoms with E-state index in [1.165, 1.54) is 5.56 Å². The molecule has 0 N–H and O–H groups in total. The van der Waals surface area contributed by atoms with E-state index in [9.17, 15) is 0 Å². The third kappa shape index (κ3) is 3.16. The van der Waals surface area contributed by atoms with Crippen LogP contribution in [-0.2, 0) is 0 Å². The van der Waals surface area contributed by atoms with E-state index in [0.29, 0.717) is 10.0 Å². The van der Waals surface area contributed by atoms with Crippen molar-refractivity contribution in [3.05, 3.63) is 81.2 Å². The maximum absolute atomic E-state index is 6.29. The zero-order valence-electron chi connectivity index (χ0n) is 11.0. The molecule has 0 aliphatic heterocycles. The van der Waals surface area contributed by atoms with Crippen molar-refractivity contribution < 1.29 is 0 Å². The molecule has 0 atom stereocenters. The number of rotatable bonds is 2. The minimum Gasteiger partial charge on any atom is -0.0843 e. The van der Waals surface area contributed by atoms with Crippen LogP contribution in [0.15, 0.2) is 71.2 Å². The molecular formula is C18H11BrCl2. The number of benzene rings is 3. The van der Waals surface area contributed by atoms with Crippen molar-refractivity contribution in [2.75, 3.05) is 0 Å². The van der Waals surface area contributed by atoms with Gasteiger partial charge in [0.15, 0.2) is 0 Å². The Labute approximate surface area is 142 Å². The molecule has 0 heterocycles.